The molecule has 0 bridgehead atoms. The van der Waals surface area contributed by atoms with E-state index in [0.717, 1.165) is 5.52 Å². The lowest BCUT2D eigenvalue weighted by Gasteiger charge is -2.19. The first-order valence-electron chi connectivity index (χ1n) is 11.6. The van der Waals surface area contributed by atoms with Crippen molar-refractivity contribution in [1.82, 2.24) is 4.98 Å². The molecule has 7 rings (SSSR count). The normalized spacial score (nSPS) is 11.5. The SMILES string of the molecule is c1ccc(-c2cc3c(-c4ccccc4)cc4ccnc5cc(-c6ccccc6)c(c2)c3c45)cc1. The van der Waals surface area contributed by atoms with Gasteiger partial charge in [-0.05, 0) is 79.9 Å². The van der Waals surface area contributed by atoms with Crippen molar-refractivity contribution in [3.63, 3.8) is 0 Å². The first-order chi connectivity index (χ1) is 16.9. The average Bonchev–Trinajstić information content (AvgIpc) is 2.92. The molecule has 0 unspecified atom stereocenters. The molecule has 0 aliphatic carbocycles. The second-order valence-electron chi connectivity index (χ2n) is 8.82. The van der Waals surface area contributed by atoms with Crippen LogP contribution in [0.15, 0.2) is 128 Å². The van der Waals surface area contributed by atoms with Gasteiger partial charge in [-0.2, -0.15) is 0 Å². The van der Waals surface area contributed by atoms with E-state index in [-0.39, 0.29) is 0 Å². The molecule has 0 aliphatic rings. The minimum atomic E-state index is 1.04. The van der Waals surface area contributed by atoms with Crippen LogP contribution in [0.5, 0.6) is 0 Å². The van der Waals surface area contributed by atoms with Crippen LogP contribution >= 0.6 is 0 Å². The summed E-state index contributed by atoms with van der Waals surface area (Å²) in [6.07, 6.45) is 1.93. The Morgan fingerprint density at radius 3 is 1.53 bits per heavy atom. The smallest absolute Gasteiger partial charge is 0.0720 e. The molecular formula is C33H21N. The molecule has 0 saturated heterocycles. The van der Waals surface area contributed by atoms with Crippen molar-refractivity contribution in [2.45, 2.75) is 0 Å². The molecule has 7 aromatic rings. The predicted octanol–water partition coefficient (Wildman–Crippen LogP) is 8.98. The first kappa shape index (κ1) is 19.0. The standard InChI is InChI=1S/C33H21N/c1-4-10-22(11-5-1)26-19-29-27(23-12-6-2-7-13-23)18-25-16-17-34-31-21-28(24-14-8-3-9-15-24)30(20-26)33(29)32(25)31/h1-21H. The van der Waals surface area contributed by atoms with Gasteiger partial charge in [-0.1, -0.05) is 91.0 Å². The van der Waals surface area contributed by atoms with Crippen molar-refractivity contribution < 1.29 is 0 Å². The molecule has 34 heavy (non-hydrogen) atoms. The molecule has 6 aromatic carbocycles. The fourth-order valence-electron chi connectivity index (χ4n) is 5.29. The van der Waals surface area contributed by atoms with E-state index in [1.54, 1.807) is 0 Å². The van der Waals surface area contributed by atoms with Gasteiger partial charge >= 0.3 is 0 Å². The molecule has 0 amide bonds. The summed E-state index contributed by atoms with van der Waals surface area (Å²) >= 11 is 0. The number of rotatable bonds is 3. The Morgan fingerprint density at radius 2 is 0.941 bits per heavy atom. The molecule has 0 N–H and O–H groups in total. The van der Waals surface area contributed by atoms with Gasteiger partial charge in [0.15, 0.2) is 0 Å². The highest BCUT2D eigenvalue weighted by Crippen LogP contribution is 2.45. The molecule has 1 heterocycles. The van der Waals surface area contributed by atoms with Gasteiger partial charge in [0.05, 0.1) is 5.52 Å². The van der Waals surface area contributed by atoms with Gasteiger partial charge < -0.3 is 0 Å². The monoisotopic (exact) mass is 431 g/mol. The van der Waals surface area contributed by atoms with E-state index in [1.807, 2.05) is 6.20 Å². The number of hydrogen-bond donors (Lipinski definition) is 0. The topological polar surface area (TPSA) is 12.9 Å². The third kappa shape index (κ3) is 2.91. The predicted molar refractivity (Wildman–Crippen MR) is 144 cm³/mol. The van der Waals surface area contributed by atoms with Gasteiger partial charge in [0.25, 0.3) is 0 Å². The van der Waals surface area contributed by atoms with Gasteiger partial charge in [-0.3, -0.25) is 4.98 Å². The van der Waals surface area contributed by atoms with Crippen LogP contribution in [0, 0.1) is 0 Å². The molecular weight excluding hydrogens is 410 g/mol. The van der Waals surface area contributed by atoms with Crippen LogP contribution in [0.2, 0.25) is 0 Å². The van der Waals surface area contributed by atoms with E-state index >= 15 is 0 Å². The van der Waals surface area contributed by atoms with E-state index in [0.29, 0.717) is 0 Å². The number of benzene rings is 6. The first-order valence-corrected chi connectivity index (χ1v) is 11.6. The summed E-state index contributed by atoms with van der Waals surface area (Å²) < 4.78 is 0. The Labute approximate surface area is 198 Å². The van der Waals surface area contributed by atoms with Gasteiger partial charge in [0.1, 0.15) is 0 Å². The molecule has 0 saturated carbocycles. The van der Waals surface area contributed by atoms with Crippen molar-refractivity contribution in [2.75, 3.05) is 0 Å². The highest BCUT2D eigenvalue weighted by Gasteiger charge is 2.18. The third-order valence-electron chi connectivity index (χ3n) is 6.84. The van der Waals surface area contributed by atoms with Gasteiger partial charge in [0.2, 0.25) is 0 Å². The number of pyridine rings is 1. The van der Waals surface area contributed by atoms with Crippen LogP contribution in [0.1, 0.15) is 0 Å². The molecule has 1 nitrogen and oxygen atoms in total. The van der Waals surface area contributed by atoms with E-state index in [4.69, 9.17) is 4.98 Å². The summed E-state index contributed by atoms with van der Waals surface area (Å²) in [6.45, 7) is 0. The van der Waals surface area contributed by atoms with Crippen LogP contribution in [-0.2, 0) is 0 Å². The van der Waals surface area contributed by atoms with Crippen LogP contribution in [0.25, 0.3) is 65.8 Å². The number of nitrogens with zero attached hydrogens (tertiary/aromatic N) is 1. The lowest BCUT2D eigenvalue weighted by atomic mass is 9.85. The van der Waals surface area contributed by atoms with E-state index in [1.165, 1.54) is 60.3 Å². The zero-order chi connectivity index (χ0) is 22.5. The Balaban J connectivity index is 1.71. The lowest BCUT2D eigenvalue weighted by Crippen LogP contribution is -1.93. The summed E-state index contributed by atoms with van der Waals surface area (Å²) in [7, 11) is 0. The molecule has 0 atom stereocenters. The minimum Gasteiger partial charge on any atom is -0.256 e. The van der Waals surface area contributed by atoms with Crippen LogP contribution in [-0.4, -0.2) is 4.98 Å². The number of hydrogen-bond acceptors (Lipinski definition) is 1. The highest BCUT2D eigenvalue weighted by atomic mass is 14.6. The second-order valence-corrected chi connectivity index (χ2v) is 8.82. The van der Waals surface area contributed by atoms with E-state index in [9.17, 15) is 0 Å². The van der Waals surface area contributed by atoms with E-state index < -0.39 is 0 Å². The summed E-state index contributed by atoms with van der Waals surface area (Å²) in [4.78, 5) is 4.80. The highest BCUT2D eigenvalue weighted by molar-refractivity contribution is 6.29. The molecule has 0 spiro atoms. The maximum atomic E-state index is 4.80. The zero-order valence-corrected chi connectivity index (χ0v) is 18.6. The van der Waals surface area contributed by atoms with Crippen LogP contribution in [0.4, 0.5) is 0 Å². The Morgan fingerprint density at radius 1 is 0.412 bits per heavy atom. The third-order valence-corrected chi connectivity index (χ3v) is 6.84. The lowest BCUT2D eigenvalue weighted by molar-refractivity contribution is 1.43. The quantitative estimate of drug-likeness (QED) is 0.254. The van der Waals surface area contributed by atoms with Crippen LogP contribution in [0.3, 0.4) is 0 Å². The maximum Gasteiger partial charge on any atom is 0.0720 e. The van der Waals surface area contributed by atoms with Gasteiger partial charge in [-0.25, -0.2) is 0 Å². The molecule has 0 aliphatic heterocycles. The Hall–Kier alpha value is -4.49. The Bertz CT molecular complexity index is 1660. The zero-order valence-electron chi connectivity index (χ0n) is 18.6. The average molecular weight is 432 g/mol. The Kier molecular flexibility index (Phi) is 4.22. The number of aromatic nitrogens is 1. The largest absolute Gasteiger partial charge is 0.256 e. The summed E-state index contributed by atoms with van der Waals surface area (Å²) in [5, 5.41) is 6.30. The molecule has 0 radical (unpaired) electrons. The minimum absolute atomic E-state index is 1.04. The maximum absolute atomic E-state index is 4.80. The van der Waals surface area contributed by atoms with Crippen molar-refractivity contribution in [3.8, 4) is 33.4 Å². The second kappa shape index (κ2) is 7.54. The van der Waals surface area contributed by atoms with Gasteiger partial charge in [0, 0.05) is 17.0 Å². The molecule has 158 valence electrons. The summed E-state index contributed by atoms with van der Waals surface area (Å²) in [6, 6.07) is 43.5. The van der Waals surface area contributed by atoms with E-state index in [2.05, 4.69) is 121 Å². The molecule has 0 fully saturated rings. The van der Waals surface area contributed by atoms with Crippen molar-refractivity contribution >= 4 is 32.4 Å². The van der Waals surface area contributed by atoms with Crippen molar-refractivity contribution in [1.29, 1.82) is 0 Å². The molecule has 1 aromatic heterocycles. The van der Waals surface area contributed by atoms with Crippen molar-refractivity contribution in [2.24, 2.45) is 0 Å². The fraction of sp³-hybridized carbons (Fsp3) is 0. The summed E-state index contributed by atoms with van der Waals surface area (Å²) in [5.74, 6) is 0. The van der Waals surface area contributed by atoms with Crippen LogP contribution < -0.4 is 0 Å². The van der Waals surface area contributed by atoms with Gasteiger partial charge in [-0.15, -0.1) is 0 Å². The fourth-order valence-corrected chi connectivity index (χ4v) is 5.29. The van der Waals surface area contributed by atoms with Crippen molar-refractivity contribution in [3.05, 3.63) is 128 Å². The molecule has 1 heteroatoms. The summed E-state index contributed by atoms with van der Waals surface area (Å²) in [5.41, 5.74) is 8.42.